The Morgan fingerprint density at radius 2 is 2.04 bits per heavy atom. The Balaban J connectivity index is 1.65. The number of benzene rings is 1. The van der Waals surface area contributed by atoms with E-state index >= 15 is 0 Å². The standard InChI is InChI=1S/C17H18N4O4S/c18-11-12-10-14(26(19,23)24)3-4-15(12)20-13-5-7-21(8-6-13)17(22)16-2-1-9-25-16/h1-4,9-10,13,20H,5-8H2,(H2,19,23,24). The van der Waals surface area contributed by atoms with Crippen molar-refractivity contribution in [1.29, 1.82) is 5.26 Å². The van der Waals surface area contributed by atoms with Crippen molar-refractivity contribution in [3.63, 3.8) is 0 Å². The molecule has 0 unspecified atom stereocenters. The van der Waals surface area contributed by atoms with E-state index in [2.05, 4.69) is 5.32 Å². The van der Waals surface area contributed by atoms with Gasteiger partial charge in [-0.15, -0.1) is 0 Å². The van der Waals surface area contributed by atoms with Crippen molar-refractivity contribution < 1.29 is 17.6 Å². The van der Waals surface area contributed by atoms with Crippen LogP contribution in [-0.2, 0) is 10.0 Å². The van der Waals surface area contributed by atoms with Crippen LogP contribution in [0.5, 0.6) is 0 Å². The minimum atomic E-state index is -3.86. The molecule has 26 heavy (non-hydrogen) atoms. The second kappa shape index (κ2) is 7.19. The number of nitrogens with zero attached hydrogens (tertiary/aromatic N) is 2. The summed E-state index contributed by atoms with van der Waals surface area (Å²) < 4.78 is 27.9. The van der Waals surface area contributed by atoms with Crippen LogP contribution in [0.1, 0.15) is 29.0 Å². The Labute approximate surface area is 151 Å². The van der Waals surface area contributed by atoms with E-state index in [0.29, 0.717) is 37.4 Å². The van der Waals surface area contributed by atoms with Crippen LogP contribution in [0.15, 0.2) is 45.9 Å². The molecule has 1 aromatic carbocycles. The van der Waals surface area contributed by atoms with Gasteiger partial charge in [0.2, 0.25) is 10.0 Å². The van der Waals surface area contributed by atoms with Crippen LogP contribution < -0.4 is 10.5 Å². The van der Waals surface area contributed by atoms with E-state index in [4.69, 9.17) is 9.56 Å². The molecule has 0 saturated carbocycles. The number of primary sulfonamides is 1. The van der Waals surface area contributed by atoms with Gasteiger partial charge in [-0.2, -0.15) is 5.26 Å². The van der Waals surface area contributed by atoms with Crippen molar-refractivity contribution in [2.45, 2.75) is 23.8 Å². The van der Waals surface area contributed by atoms with E-state index in [9.17, 15) is 18.5 Å². The number of nitrogens with two attached hydrogens (primary N) is 1. The Morgan fingerprint density at radius 1 is 1.31 bits per heavy atom. The summed E-state index contributed by atoms with van der Waals surface area (Å²) in [5.74, 6) is 0.186. The van der Waals surface area contributed by atoms with Crippen molar-refractivity contribution in [2.24, 2.45) is 5.14 Å². The Bertz CT molecular complexity index is 940. The largest absolute Gasteiger partial charge is 0.459 e. The Kier molecular flexibility index (Phi) is 4.97. The summed E-state index contributed by atoms with van der Waals surface area (Å²) in [7, 11) is -3.86. The van der Waals surface area contributed by atoms with Gasteiger partial charge in [-0.3, -0.25) is 4.79 Å². The molecule has 1 aliphatic rings. The quantitative estimate of drug-likeness (QED) is 0.834. The zero-order valence-electron chi connectivity index (χ0n) is 13.9. The minimum absolute atomic E-state index is 0.0723. The molecule has 3 N–H and O–H groups in total. The number of carbonyl (C=O) groups is 1. The fourth-order valence-electron chi connectivity index (χ4n) is 2.92. The number of carbonyl (C=O) groups excluding carboxylic acids is 1. The van der Waals surface area contributed by atoms with E-state index in [1.165, 1.54) is 18.4 Å². The van der Waals surface area contributed by atoms with Crippen LogP contribution in [0.3, 0.4) is 0 Å². The number of nitriles is 1. The molecule has 0 radical (unpaired) electrons. The topological polar surface area (TPSA) is 129 Å². The first-order valence-electron chi connectivity index (χ1n) is 8.05. The highest BCUT2D eigenvalue weighted by Gasteiger charge is 2.25. The second-order valence-corrected chi connectivity index (χ2v) is 7.61. The number of likely N-dealkylation sites (tertiary alicyclic amines) is 1. The molecular formula is C17H18N4O4S. The highest BCUT2D eigenvalue weighted by molar-refractivity contribution is 7.89. The number of sulfonamides is 1. The molecule has 1 aromatic heterocycles. The lowest BCUT2D eigenvalue weighted by atomic mass is 10.0. The zero-order chi connectivity index (χ0) is 18.7. The first-order chi connectivity index (χ1) is 12.4. The van der Waals surface area contributed by atoms with E-state index in [1.54, 1.807) is 23.1 Å². The van der Waals surface area contributed by atoms with E-state index in [1.807, 2.05) is 6.07 Å². The fraction of sp³-hybridized carbons (Fsp3) is 0.294. The highest BCUT2D eigenvalue weighted by Crippen LogP contribution is 2.23. The van der Waals surface area contributed by atoms with Crippen LogP contribution in [0, 0.1) is 11.3 Å². The zero-order valence-corrected chi connectivity index (χ0v) is 14.7. The smallest absolute Gasteiger partial charge is 0.289 e. The van der Waals surface area contributed by atoms with Gasteiger partial charge < -0.3 is 14.6 Å². The molecule has 0 bridgehead atoms. The number of piperidine rings is 1. The lowest BCUT2D eigenvalue weighted by Gasteiger charge is -2.32. The second-order valence-electron chi connectivity index (χ2n) is 6.05. The summed E-state index contributed by atoms with van der Waals surface area (Å²) >= 11 is 0. The molecule has 1 aliphatic heterocycles. The molecule has 0 atom stereocenters. The Hall–Kier alpha value is -2.83. The van der Waals surface area contributed by atoms with Crippen LogP contribution in [0.2, 0.25) is 0 Å². The van der Waals surface area contributed by atoms with Crippen LogP contribution in [-0.4, -0.2) is 38.4 Å². The van der Waals surface area contributed by atoms with Gasteiger partial charge in [-0.05, 0) is 43.2 Å². The Morgan fingerprint density at radius 3 is 2.62 bits per heavy atom. The van der Waals surface area contributed by atoms with Gasteiger partial charge in [-0.1, -0.05) is 0 Å². The van der Waals surface area contributed by atoms with Gasteiger partial charge in [-0.25, -0.2) is 13.6 Å². The minimum Gasteiger partial charge on any atom is -0.459 e. The predicted molar refractivity (Wildman–Crippen MR) is 93.8 cm³/mol. The van der Waals surface area contributed by atoms with Crippen LogP contribution in [0.4, 0.5) is 5.69 Å². The normalized spacial score (nSPS) is 15.5. The number of amides is 1. The highest BCUT2D eigenvalue weighted by atomic mass is 32.2. The number of nitrogens with one attached hydrogen (secondary N) is 1. The SMILES string of the molecule is N#Cc1cc(S(N)(=O)=O)ccc1NC1CCN(C(=O)c2ccco2)CC1. The third-order valence-corrected chi connectivity index (χ3v) is 5.22. The predicted octanol–water partition coefficient (Wildman–Crippen LogP) is 1.52. The molecule has 0 aliphatic carbocycles. The number of rotatable bonds is 4. The summed E-state index contributed by atoms with van der Waals surface area (Å²) in [6.07, 6.45) is 2.87. The summed E-state index contributed by atoms with van der Waals surface area (Å²) in [6, 6.07) is 9.54. The van der Waals surface area contributed by atoms with E-state index < -0.39 is 10.0 Å². The first-order valence-corrected chi connectivity index (χ1v) is 9.59. The molecule has 1 amide bonds. The molecule has 8 nitrogen and oxygen atoms in total. The maximum atomic E-state index is 12.3. The van der Waals surface area contributed by atoms with Gasteiger partial charge in [0.1, 0.15) is 6.07 Å². The van der Waals surface area contributed by atoms with Gasteiger partial charge in [0.05, 0.1) is 22.4 Å². The summed E-state index contributed by atoms with van der Waals surface area (Å²) in [4.78, 5) is 13.9. The fourth-order valence-corrected chi connectivity index (χ4v) is 3.46. The molecule has 1 fully saturated rings. The third-order valence-electron chi connectivity index (χ3n) is 4.31. The van der Waals surface area contributed by atoms with Crippen molar-refractivity contribution in [1.82, 2.24) is 4.90 Å². The van der Waals surface area contributed by atoms with Gasteiger partial charge in [0.25, 0.3) is 5.91 Å². The van der Waals surface area contributed by atoms with E-state index in [0.717, 1.165) is 0 Å². The molecule has 3 rings (SSSR count). The number of hydrogen-bond donors (Lipinski definition) is 2. The van der Waals surface area contributed by atoms with Crippen molar-refractivity contribution >= 4 is 21.6 Å². The van der Waals surface area contributed by atoms with Crippen LogP contribution >= 0.6 is 0 Å². The molecule has 1 saturated heterocycles. The lowest BCUT2D eigenvalue weighted by Crippen LogP contribution is -2.42. The number of furan rings is 1. The molecule has 136 valence electrons. The van der Waals surface area contributed by atoms with Crippen molar-refractivity contribution in [3.8, 4) is 6.07 Å². The first kappa shape index (κ1) is 18.0. The third kappa shape index (κ3) is 3.87. The molecule has 0 spiro atoms. The maximum Gasteiger partial charge on any atom is 0.289 e. The number of anilines is 1. The number of hydrogen-bond acceptors (Lipinski definition) is 6. The molecular weight excluding hydrogens is 356 g/mol. The summed E-state index contributed by atoms with van der Waals surface area (Å²) in [5.41, 5.74) is 0.765. The van der Waals surface area contributed by atoms with E-state index in [-0.39, 0.29) is 22.4 Å². The average molecular weight is 374 g/mol. The monoisotopic (exact) mass is 374 g/mol. The maximum absolute atomic E-state index is 12.3. The lowest BCUT2D eigenvalue weighted by molar-refractivity contribution is 0.0686. The summed E-state index contributed by atoms with van der Waals surface area (Å²) in [5, 5.41) is 17.6. The summed E-state index contributed by atoms with van der Waals surface area (Å²) in [6.45, 7) is 1.13. The van der Waals surface area contributed by atoms with Crippen molar-refractivity contribution in [2.75, 3.05) is 18.4 Å². The van der Waals surface area contributed by atoms with Crippen molar-refractivity contribution in [3.05, 3.63) is 47.9 Å². The van der Waals surface area contributed by atoms with Gasteiger partial charge in [0, 0.05) is 19.1 Å². The van der Waals surface area contributed by atoms with Gasteiger partial charge in [0.15, 0.2) is 5.76 Å². The molecule has 2 aromatic rings. The van der Waals surface area contributed by atoms with Crippen LogP contribution in [0.25, 0.3) is 0 Å². The molecule has 2 heterocycles. The average Bonchev–Trinajstić information content (AvgIpc) is 3.16. The molecule has 9 heteroatoms. The van der Waals surface area contributed by atoms with Gasteiger partial charge >= 0.3 is 0 Å².